The number of aromatic nitrogens is 2. The molecule has 28 heavy (non-hydrogen) atoms. The van der Waals surface area contributed by atoms with E-state index in [1.165, 1.54) is 0 Å². The number of amides is 2. The first-order chi connectivity index (χ1) is 13.7. The van der Waals surface area contributed by atoms with Gasteiger partial charge in [-0.05, 0) is 43.0 Å². The standard InChI is InChI=1S/C21H24N4O3/c1-2-24(13-15-5-3-9-22-11-15)21(27)20-19(16-6-4-10-23-12-16)25(17-7-8-17)18(26)14-28-20/h3-6,9-12,17,19-20H,2,7-8,13-14H2,1H3/t19-,20+/m1/s1. The van der Waals surface area contributed by atoms with Crippen molar-refractivity contribution in [2.45, 2.75) is 44.5 Å². The number of hydrogen-bond donors (Lipinski definition) is 0. The summed E-state index contributed by atoms with van der Waals surface area (Å²) in [4.78, 5) is 38.0. The third-order valence-electron chi connectivity index (χ3n) is 5.26. The molecule has 2 amide bonds. The second-order valence-electron chi connectivity index (χ2n) is 7.21. The number of carbonyl (C=O) groups excluding carboxylic acids is 2. The Bertz CT molecular complexity index is 826. The fourth-order valence-corrected chi connectivity index (χ4v) is 3.74. The Hall–Kier alpha value is -2.80. The number of carbonyl (C=O) groups is 2. The zero-order valence-corrected chi connectivity index (χ0v) is 15.9. The van der Waals surface area contributed by atoms with Crippen LogP contribution in [0.1, 0.15) is 36.9 Å². The highest BCUT2D eigenvalue weighted by Gasteiger charge is 2.48. The minimum atomic E-state index is -0.737. The third-order valence-corrected chi connectivity index (χ3v) is 5.26. The van der Waals surface area contributed by atoms with Gasteiger partial charge >= 0.3 is 0 Å². The molecule has 2 fully saturated rings. The summed E-state index contributed by atoms with van der Waals surface area (Å²) in [5, 5.41) is 0. The second-order valence-corrected chi connectivity index (χ2v) is 7.21. The molecule has 2 atom stereocenters. The molecule has 4 rings (SSSR count). The monoisotopic (exact) mass is 380 g/mol. The van der Waals surface area contributed by atoms with Crippen molar-refractivity contribution < 1.29 is 14.3 Å². The molecule has 0 spiro atoms. The Morgan fingerprint density at radius 3 is 2.57 bits per heavy atom. The number of likely N-dealkylation sites (N-methyl/N-ethyl adjacent to an activating group) is 1. The third kappa shape index (κ3) is 3.75. The fraction of sp³-hybridized carbons (Fsp3) is 0.429. The number of hydrogen-bond acceptors (Lipinski definition) is 5. The van der Waals surface area contributed by atoms with Gasteiger partial charge in [0.2, 0.25) is 5.91 Å². The molecule has 1 saturated heterocycles. The molecule has 2 aromatic heterocycles. The van der Waals surface area contributed by atoms with Gasteiger partial charge in [-0.15, -0.1) is 0 Å². The van der Waals surface area contributed by atoms with E-state index < -0.39 is 12.1 Å². The van der Waals surface area contributed by atoms with Crippen molar-refractivity contribution in [3.05, 3.63) is 60.2 Å². The summed E-state index contributed by atoms with van der Waals surface area (Å²) < 4.78 is 5.82. The van der Waals surface area contributed by atoms with Gasteiger partial charge in [0.25, 0.3) is 5.91 Å². The quantitative estimate of drug-likeness (QED) is 0.766. The Balaban J connectivity index is 1.63. The predicted molar refractivity (Wildman–Crippen MR) is 102 cm³/mol. The molecule has 0 unspecified atom stereocenters. The summed E-state index contributed by atoms with van der Waals surface area (Å²) in [7, 11) is 0. The number of pyridine rings is 2. The average molecular weight is 380 g/mol. The van der Waals surface area contributed by atoms with Crippen molar-refractivity contribution in [3.8, 4) is 0 Å². The highest BCUT2D eigenvalue weighted by atomic mass is 16.5. The first-order valence-electron chi connectivity index (χ1n) is 9.69. The van der Waals surface area contributed by atoms with Crippen LogP contribution in [-0.4, -0.2) is 56.9 Å². The van der Waals surface area contributed by atoms with Crippen LogP contribution in [0.2, 0.25) is 0 Å². The number of morpholine rings is 1. The van der Waals surface area contributed by atoms with E-state index in [0.29, 0.717) is 13.1 Å². The molecule has 0 aromatic carbocycles. The van der Waals surface area contributed by atoms with Gasteiger partial charge in [0.1, 0.15) is 6.61 Å². The van der Waals surface area contributed by atoms with Gasteiger partial charge in [-0.2, -0.15) is 0 Å². The summed E-state index contributed by atoms with van der Waals surface area (Å²) in [6.45, 7) is 2.89. The molecule has 1 aliphatic carbocycles. The molecule has 1 aliphatic heterocycles. The fourth-order valence-electron chi connectivity index (χ4n) is 3.74. The summed E-state index contributed by atoms with van der Waals surface area (Å²) in [6.07, 6.45) is 8.08. The predicted octanol–water partition coefficient (Wildman–Crippen LogP) is 1.96. The maximum atomic E-state index is 13.4. The molecular formula is C21H24N4O3. The maximum Gasteiger partial charge on any atom is 0.254 e. The van der Waals surface area contributed by atoms with Crippen LogP contribution in [0.3, 0.4) is 0 Å². The van der Waals surface area contributed by atoms with Crippen molar-refractivity contribution in [3.63, 3.8) is 0 Å². The van der Waals surface area contributed by atoms with Gasteiger partial charge in [-0.25, -0.2) is 0 Å². The van der Waals surface area contributed by atoms with E-state index in [4.69, 9.17) is 4.74 Å². The lowest BCUT2D eigenvalue weighted by Crippen LogP contribution is -2.55. The topological polar surface area (TPSA) is 75.6 Å². The van der Waals surface area contributed by atoms with Crippen LogP contribution < -0.4 is 0 Å². The van der Waals surface area contributed by atoms with E-state index in [2.05, 4.69) is 9.97 Å². The molecule has 2 aliphatic rings. The molecule has 0 radical (unpaired) electrons. The van der Waals surface area contributed by atoms with Gasteiger partial charge in [0, 0.05) is 43.9 Å². The van der Waals surface area contributed by atoms with E-state index in [0.717, 1.165) is 24.0 Å². The van der Waals surface area contributed by atoms with Crippen LogP contribution in [0.25, 0.3) is 0 Å². The van der Waals surface area contributed by atoms with Crippen LogP contribution in [0.4, 0.5) is 0 Å². The molecule has 7 nitrogen and oxygen atoms in total. The molecular weight excluding hydrogens is 356 g/mol. The lowest BCUT2D eigenvalue weighted by atomic mass is 9.97. The minimum absolute atomic E-state index is 0.0595. The van der Waals surface area contributed by atoms with Crippen LogP contribution in [0.5, 0.6) is 0 Å². The van der Waals surface area contributed by atoms with Crippen molar-refractivity contribution in [1.82, 2.24) is 19.8 Å². The van der Waals surface area contributed by atoms with Gasteiger partial charge < -0.3 is 14.5 Å². The number of ether oxygens (including phenoxy) is 1. The Morgan fingerprint density at radius 1 is 1.21 bits per heavy atom. The van der Waals surface area contributed by atoms with Gasteiger partial charge in [0.05, 0.1) is 6.04 Å². The Kier molecular flexibility index (Phi) is 5.34. The normalized spacial score (nSPS) is 22.2. The average Bonchev–Trinajstić information content (AvgIpc) is 3.57. The van der Waals surface area contributed by atoms with E-state index in [9.17, 15) is 9.59 Å². The molecule has 7 heteroatoms. The van der Waals surface area contributed by atoms with Crippen molar-refractivity contribution in [2.24, 2.45) is 0 Å². The van der Waals surface area contributed by atoms with Gasteiger partial charge in [-0.1, -0.05) is 12.1 Å². The first-order valence-corrected chi connectivity index (χ1v) is 9.69. The molecule has 1 saturated carbocycles. The van der Waals surface area contributed by atoms with Crippen LogP contribution in [0.15, 0.2) is 49.1 Å². The zero-order valence-electron chi connectivity index (χ0n) is 15.9. The van der Waals surface area contributed by atoms with E-state index in [1.807, 2.05) is 36.1 Å². The maximum absolute atomic E-state index is 13.4. The summed E-state index contributed by atoms with van der Waals surface area (Å²) >= 11 is 0. The SMILES string of the molecule is CCN(Cc1cccnc1)C(=O)[C@H]1OCC(=O)N(C2CC2)[C@@H]1c1cccnc1. The van der Waals surface area contributed by atoms with Crippen molar-refractivity contribution in [2.75, 3.05) is 13.2 Å². The highest BCUT2D eigenvalue weighted by molar-refractivity contribution is 5.86. The summed E-state index contributed by atoms with van der Waals surface area (Å²) in [5.74, 6) is -0.172. The van der Waals surface area contributed by atoms with E-state index in [1.54, 1.807) is 29.7 Å². The molecule has 2 aromatic rings. The van der Waals surface area contributed by atoms with Crippen LogP contribution in [0, 0.1) is 0 Å². The number of nitrogens with zero attached hydrogens (tertiary/aromatic N) is 4. The lowest BCUT2D eigenvalue weighted by molar-refractivity contribution is -0.170. The minimum Gasteiger partial charge on any atom is -0.356 e. The summed E-state index contributed by atoms with van der Waals surface area (Å²) in [5.41, 5.74) is 1.79. The summed E-state index contributed by atoms with van der Waals surface area (Å²) in [6, 6.07) is 7.28. The Labute approximate surface area is 164 Å². The number of rotatable bonds is 6. The largest absolute Gasteiger partial charge is 0.356 e. The zero-order chi connectivity index (χ0) is 19.5. The van der Waals surface area contributed by atoms with Crippen molar-refractivity contribution in [1.29, 1.82) is 0 Å². The molecule has 0 bridgehead atoms. The lowest BCUT2D eigenvalue weighted by Gasteiger charge is -2.42. The van der Waals surface area contributed by atoms with Crippen LogP contribution >= 0.6 is 0 Å². The van der Waals surface area contributed by atoms with Crippen LogP contribution in [-0.2, 0) is 20.9 Å². The second kappa shape index (κ2) is 8.06. The van der Waals surface area contributed by atoms with Crippen molar-refractivity contribution >= 4 is 11.8 Å². The molecule has 3 heterocycles. The van der Waals surface area contributed by atoms with Gasteiger partial charge in [0.15, 0.2) is 6.10 Å². The van der Waals surface area contributed by atoms with E-state index in [-0.39, 0.29) is 24.5 Å². The molecule has 0 N–H and O–H groups in total. The van der Waals surface area contributed by atoms with Gasteiger partial charge in [-0.3, -0.25) is 19.6 Å². The molecule has 146 valence electrons. The Morgan fingerprint density at radius 2 is 1.96 bits per heavy atom. The first kappa shape index (κ1) is 18.6. The smallest absolute Gasteiger partial charge is 0.254 e. The van der Waals surface area contributed by atoms with E-state index >= 15 is 0 Å². The highest BCUT2D eigenvalue weighted by Crippen LogP contribution is 2.39.